The molecule has 2 rings (SSSR count). The summed E-state index contributed by atoms with van der Waals surface area (Å²) in [5.41, 5.74) is 0. The van der Waals surface area contributed by atoms with Crippen LogP contribution in [-0.2, 0) is 4.74 Å². The lowest BCUT2D eigenvalue weighted by atomic mass is 9.69. The third-order valence-electron chi connectivity index (χ3n) is 5.08. The predicted molar refractivity (Wildman–Crippen MR) is 81.4 cm³/mol. The van der Waals surface area contributed by atoms with Crippen molar-refractivity contribution in [3.8, 4) is 0 Å². The lowest BCUT2D eigenvalue weighted by Gasteiger charge is -2.39. The molecule has 0 saturated heterocycles. The van der Waals surface area contributed by atoms with Crippen LogP contribution in [0.5, 0.6) is 0 Å². The summed E-state index contributed by atoms with van der Waals surface area (Å²) in [6, 6.07) is 0.801. The van der Waals surface area contributed by atoms with E-state index in [1.165, 1.54) is 64.2 Å². The molecular formula is C17H33NO. The minimum atomic E-state index is 0.801. The highest BCUT2D eigenvalue weighted by molar-refractivity contribution is 4.86. The average molecular weight is 267 g/mol. The van der Waals surface area contributed by atoms with Crippen molar-refractivity contribution in [2.45, 2.75) is 77.2 Å². The van der Waals surface area contributed by atoms with Crippen LogP contribution in [0.2, 0.25) is 0 Å². The lowest BCUT2D eigenvalue weighted by molar-refractivity contribution is 0.122. The Labute approximate surface area is 119 Å². The van der Waals surface area contributed by atoms with Gasteiger partial charge in [-0.1, -0.05) is 39.0 Å². The molecule has 2 fully saturated rings. The number of ether oxygens (including phenoxy) is 1. The van der Waals surface area contributed by atoms with Crippen molar-refractivity contribution in [1.29, 1.82) is 0 Å². The van der Waals surface area contributed by atoms with E-state index in [0.29, 0.717) is 0 Å². The second-order valence-electron chi connectivity index (χ2n) is 6.59. The van der Waals surface area contributed by atoms with E-state index >= 15 is 0 Å². The van der Waals surface area contributed by atoms with Crippen molar-refractivity contribution in [3.63, 3.8) is 0 Å². The van der Waals surface area contributed by atoms with Gasteiger partial charge in [-0.15, -0.1) is 0 Å². The van der Waals surface area contributed by atoms with Gasteiger partial charge in [0, 0.05) is 19.3 Å². The molecule has 0 bridgehead atoms. The van der Waals surface area contributed by atoms with E-state index in [4.69, 9.17) is 4.74 Å². The van der Waals surface area contributed by atoms with Gasteiger partial charge in [0.05, 0.1) is 0 Å². The van der Waals surface area contributed by atoms with Gasteiger partial charge in [0.1, 0.15) is 0 Å². The zero-order valence-electron chi connectivity index (χ0n) is 12.8. The van der Waals surface area contributed by atoms with Crippen molar-refractivity contribution < 1.29 is 4.74 Å². The fraction of sp³-hybridized carbons (Fsp3) is 1.00. The smallest absolute Gasteiger partial charge is 0.0478 e. The summed E-state index contributed by atoms with van der Waals surface area (Å²) in [6.07, 6.45) is 14.0. The standard InChI is InChI=1S/C17H33NO/c1-2-3-12-19-13-6-11-18-17-10-9-15-7-4-5-8-16(15)14-17/h15-18H,2-14H2,1H3. The third-order valence-corrected chi connectivity index (χ3v) is 5.08. The first-order chi connectivity index (χ1) is 9.40. The molecular weight excluding hydrogens is 234 g/mol. The molecule has 2 heteroatoms. The average Bonchev–Trinajstić information content (AvgIpc) is 2.46. The van der Waals surface area contributed by atoms with Crippen molar-refractivity contribution in [1.82, 2.24) is 5.32 Å². The molecule has 2 aliphatic carbocycles. The first-order valence-corrected chi connectivity index (χ1v) is 8.71. The van der Waals surface area contributed by atoms with Gasteiger partial charge in [-0.3, -0.25) is 0 Å². The molecule has 0 heterocycles. The summed E-state index contributed by atoms with van der Waals surface area (Å²) in [5.74, 6) is 2.12. The summed E-state index contributed by atoms with van der Waals surface area (Å²) in [7, 11) is 0. The SMILES string of the molecule is CCCCOCCCNC1CCC2CCCCC2C1. The molecule has 0 spiro atoms. The van der Waals surface area contributed by atoms with Crippen molar-refractivity contribution in [2.75, 3.05) is 19.8 Å². The van der Waals surface area contributed by atoms with Gasteiger partial charge in [-0.05, 0) is 50.5 Å². The third kappa shape index (κ3) is 5.43. The Morgan fingerprint density at radius 2 is 1.74 bits per heavy atom. The van der Waals surface area contributed by atoms with Crippen molar-refractivity contribution in [2.24, 2.45) is 11.8 Å². The summed E-state index contributed by atoms with van der Waals surface area (Å²) in [5, 5.41) is 3.77. The van der Waals surface area contributed by atoms with Gasteiger partial charge >= 0.3 is 0 Å². The molecule has 1 N–H and O–H groups in total. The Hall–Kier alpha value is -0.0800. The lowest BCUT2D eigenvalue weighted by Crippen LogP contribution is -2.39. The topological polar surface area (TPSA) is 21.3 Å². The minimum Gasteiger partial charge on any atom is -0.381 e. The summed E-state index contributed by atoms with van der Waals surface area (Å²) >= 11 is 0. The quantitative estimate of drug-likeness (QED) is 0.667. The predicted octanol–water partition coefficient (Wildman–Crippen LogP) is 4.14. The van der Waals surface area contributed by atoms with Gasteiger partial charge in [0.2, 0.25) is 0 Å². The van der Waals surface area contributed by atoms with Crippen LogP contribution in [0.25, 0.3) is 0 Å². The van der Waals surface area contributed by atoms with Gasteiger partial charge in [0.25, 0.3) is 0 Å². The summed E-state index contributed by atoms with van der Waals surface area (Å²) in [4.78, 5) is 0. The van der Waals surface area contributed by atoms with Crippen LogP contribution >= 0.6 is 0 Å². The maximum atomic E-state index is 5.61. The zero-order valence-corrected chi connectivity index (χ0v) is 12.8. The Morgan fingerprint density at radius 3 is 2.58 bits per heavy atom. The first kappa shape index (κ1) is 15.3. The molecule has 0 amide bonds. The van der Waals surface area contributed by atoms with Gasteiger partial charge < -0.3 is 10.1 Å². The molecule has 0 radical (unpaired) electrons. The van der Waals surface area contributed by atoms with E-state index < -0.39 is 0 Å². The number of fused-ring (bicyclic) bond motifs is 1. The molecule has 0 aromatic carbocycles. The second kappa shape index (κ2) is 8.97. The van der Waals surface area contributed by atoms with Crippen LogP contribution in [0.4, 0.5) is 0 Å². The molecule has 19 heavy (non-hydrogen) atoms. The zero-order chi connectivity index (χ0) is 13.3. The molecule has 0 aromatic rings. The molecule has 112 valence electrons. The van der Waals surface area contributed by atoms with E-state index in [0.717, 1.165) is 37.6 Å². The van der Waals surface area contributed by atoms with E-state index in [1.807, 2.05) is 0 Å². The largest absolute Gasteiger partial charge is 0.381 e. The number of unbranched alkanes of at least 4 members (excludes halogenated alkanes) is 1. The molecule has 3 unspecified atom stereocenters. The highest BCUT2D eigenvalue weighted by atomic mass is 16.5. The molecule has 3 atom stereocenters. The van der Waals surface area contributed by atoms with Gasteiger partial charge in [-0.25, -0.2) is 0 Å². The van der Waals surface area contributed by atoms with Crippen LogP contribution < -0.4 is 5.32 Å². The van der Waals surface area contributed by atoms with E-state index in [2.05, 4.69) is 12.2 Å². The number of nitrogens with one attached hydrogen (secondary N) is 1. The Balaban J connectivity index is 1.50. The molecule has 2 saturated carbocycles. The van der Waals surface area contributed by atoms with E-state index in [-0.39, 0.29) is 0 Å². The highest BCUT2D eigenvalue weighted by Crippen LogP contribution is 2.40. The summed E-state index contributed by atoms with van der Waals surface area (Å²) < 4.78 is 5.61. The number of rotatable bonds is 8. The number of hydrogen-bond donors (Lipinski definition) is 1. The van der Waals surface area contributed by atoms with E-state index in [9.17, 15) is 0 Å². The first-order valence-electron chi connectivity index (χ1n) is 8.71. The van der Waals surface area contributed by atoms with Crippen LogP contribution in [0.15, 0.2) is 0 Å². The highest BCUT2D eigenvalue weighted by Gasteiger charge is 2.31. The Morgan fingerprint density at radius 1 is 0.947 bits per heavy atom. The fourth-order valence-electron chi connectivity index (χ4n) is 3.89. The normalized spacial score (nSPS) is 31.1. The summed E-state index contributed by atoms with van der Waals surface area (Å²) in [6.45, 7) is 5.25. The maximum absolute atomic E-state index is 5.61. The number of hydrogen-bond acceptors (Lipinski definition) is 2. The van der Waals surface area contributed by atoms with Gasteiger partial charge in [-0.2, -0.15) is 0 Å². The second-order valence-corrected chi connectivity index (χ2v) is 6.59. The molecule has 2 nitrogen and oxygen atoms in total. The van der Waals surface area contributed by atoms with Crippen LogP contribution in [0.3, 0.4) is 0 Å². The molecule has 2 aliphatic rings. The van der Waals surface area contributed by atoms with E-state index in [1.54, 1.807) is 0 Å². The molecule has 0 aliphatic heterocycles. The van der Waals surface area contributed by atoms with Crippen LogP contribution in [-0.4, -0.2) is 25.8 Å². The Bertz CT molecular complexity index is 231. The monoisotopic (exact) mass is 267 g/mol. The van der Waals surface area contributed by atoms with Crippen LogP contribution in [0.1, 0.15) is 71.1 Å². The Kier molecular flexibility index (Phi) is 7.23. The van der Waals surface area contributed by atoms with Gasteiger partial charge in [0.15, 0.2) is 0 Å². The van der Waals surface area contributed by atoms with Crippen molar-refractivity contribution in [3.05, 3.63) is 0 Å². The fourth-order valence-corrected chi connectivity index (χ4v) is 3.89. The van der Waals surface area contributed by atoms with Crippen LogP contribution in [0, 0.1) is 11.8 Å². The van der Waals surface area contributed by atoms with Crippen molar-refractivity contribution >= 4 is 0 Å². The molecule has 0 aromatic heterocycles. The minimum absolute atomic E-state index is 0.801. The maximum Gasteiger partial charge on any atom is 0.0478 e.